The van der Waals surface area contributed by atoms with Gasteiger partial charge in [0.05, 0.1) is 6.10 Å². The standard InChI is InChI=1S/C17H21N3O2S/c1-11(2)22-15-8-12(10-19-14-3-4-14)7-13(9-15)16(21)20-17-18-5-6-23-17/h5-9,11,14,19H,3-4,10H2,1-2H3,(H,18,20,21). The second-order valence-electron chi connectivity index (χ2n) is 5.98. The van der Waals surface area contributed by atoms with E-state index in [0.29, 0.717) is 16.7 Å². The molecule has 2 aromatic rings. The minimum absolute atomic E-state index is 0.0662. The second-order valence-corrected chi connectivity index (χ2v) is 6.87. The topological polar surface area (TPSA) is 63.2 Å². The Morgan fingerprint density at radius 2 is 2.22 bits per heavy atom. The Hall–Kier alpha value is -1.92. The monoisotopic (exact) mass is 331 g/mol. The fourth-order valence-corrected chi connectivity index (χ4v) is 2.76. The minimum atomic E-state index is -0.165. The van der Waals surface area contributed by atoms with E-state index in [4.69, 9.17) is 4.74 Å². The molecule has 1 saturated carbocycles. The molecule has 3 rings (SSSR count). The summed E-state index contributed by atoms with van der Waals surface area (Å²) in [5, 5.41) is 8.72. The Kier molecular flexibility index (Phi) is 4.93. The third kappa shape index (κ3) is 4.77. The first-order valence-electron chi connectivity index (χ1n) is 7.85. The number of anilines is 1. The number of amides is 1. The van der Waals surface area contributed by atoms with Crippen LogP contribution in [0, 0.1) is 0 Å². The zero-order valence-corrected chi connectivity index (χ0v) is 14.2. The maximum Gasteiger partial charge on any atom is 0.257 e. The van der Waals surface area contributed by atoms with E-state index < -0.39 is 0 Å². The summed E-state index contributed by atoms with van der Waals surface area (Å²) >= 11 is 1.40. The van der Waals surface area contributed by atoms with Gasteiger partial charge in [-0.3, -0.25) is 10.1 Å². The third-order valence-corrected chi connectivity index (χ3v) is 4.11. The molecule has 5 nitrogen and oxygen atoms in total. The van der Waals surface area contributed by atoms with E-state index in [9.17, 15) is 4.79 Å². The summed E-state index contributed by atoms with van der Waals surface area (Å²) in [5.74, 6) is 0.557. The summed E-state index contributed by atoms with van der Waals surface area (Å²) in [6.07, 6.45) is 4.21. The number of nitrogens with one attached hydrogen (secondary N) is 2. The van der Waals surface area contributed by atoms with Gasteiger partial charge in [-0.15, -0.1) is 11.3 Å². The van der Waals surface area contributed by atoms with Crippen molar-refractivity contribution < 1.29 is 9.53 Å². The van der Waals surface area contributed by atoms with Gasteiger partial charge in [0.1, 0.15) is 5.75 Å². The molecule has 0 aliphatic heterocycles. The quantitative estimate of drug-likeness (QED) is 0.816. The second kappa shape index (κ2) is 7.10. The van der Waals surface area contributed by atoms with Crippen LogP contribution in [0.5, 0.6) is 5.75 Å². The predicted octanol–water partition coefficient (Wildman–Crippen LogP) is 3.43. The lowest BCUT2D eigenvalue weighted by Gasteiger charge is -2.13. The van der Waals surface area contributed by atoms with Crippen LogP contribution >= 0.6 is 11.3 Å². The molecule has 2 N–H and O–H groups in total. The highest BCUT2D eigenvalue weighted by Gasteiger charge is 2.20. The zero-order valence-electron chi connectivity index (χ0n) is 13.3. The van der Waals surface area contributed by atoms with E-state index >= 15 is 0 Å². The zero-order chi connectivity index (χ0) is 16.2. The highest BCUT2D eigenvalue weighted by atomic mass is 32.1. The van der Waals surface area contributed by atoms with E-state index in [-0.39, 0.29) is 12.0 Å². The average molecular weight is 331 g/mol. The number of ether oxygens (including phenoxy) is 1. The fourth-order valence-electron chi connectivity index (χ4n) is 2.24. The van der Waals surface area contributed by atoms with Crippen LogP contribution in [0.15, 0.2) is 29.8 Å². The van der Waals surface area contributed by atoms with Crippen molar-refractivity contribution >= 4 is 22.4 Å². The lowest BCUT2D eigenvalue weighted by atomic mass is 10.1. The fraction of sp³-hybridized carbons (Fsp3) is 0.412. The van der Waals surface area contributed by atoms with Crippen molar-refractivity contribution in [2.24, 2.45) is 0 Å². The Morgan fingerprint density at radius 3 is 2.87 bits per heavy atom. The van der Waals surface area contributed by atoms with Crippen LogP contribution in [0.25, 0.3) is 0 Å². The van der Waals surface area contributed by atoms with Gasteiger partial charge in [0.15, 0.2) is 5.13 Å². The number of nitrogens with zero attached hydrogens (tertiary/aromatic N) is 1. The number of benzene rings is 1. The summed E-state index contributed by atoms with van der Waals surface area (Å²) in [6.45, 7) is 4.70. The first-order valence-corrected chi connectivity index (χ1v) is 8.73. The highest BCUT2D eigenvalue weighted by Crippen LogP contribution is 2.23. The minimum Gasteiger partial charge on any atom is -0.491 e. The lowest BCUT2D eigenvalue weighted by molar-refractivity contribution is 0.102. The number of hydrogen-bond donors (Lipinski definition) is 2. The van der Waals surface area contributed by atoms with Gasteiger partial charge < -0.3 is 10.1 Å². The first kappa shape index (κ1) is 16.0. The van der Waals surface area contributed by atoms with Crippen LogP contribution in [-0.2, 0) is 6.54 Å². The van der Waals surface area contributed by atoms with Gasteiger partial charge in [-0.05, 0) is 50.5 Å². The van der Waals surface area contributed by atoms with Crippen molar-refractivity contribution in [3.05, 3.63) is 40.9 Å². The molecular weight excluding hydrogens is 310 g/mol. The van der Waals surface area contributed by atoms with Crippen LogP contribution in [0.2, 0.25) is 0 Å². The van der Waals surface area contributed by atoms with Crippen molar-refractivity contribution in [3.63, 3.8) is 0 Å². The van der Waals surface area contributed by atoms with Gasteiger partial charge in [-0.2, -0.15) is 0 Å². The number of carbonyl (C=O) groups is 1. The van der Waals surface area contributed by atoms with E-state index in [2.05, 4.69) is 15.6 Å². The molecule has 0 unspecified atom stereocenters. The van der Waals surface area contributed by atoms with E-state index in [0.717, 1.165) is 17.9 Å². The molecule has 0 spiro atoms. The summed E-state index contributed by atoms with van der Waals surface area (Å²) in [5.41, 5.74) is 1.64. The average Bonchev–Trinajstić information content (AvgIpc) is 3.20. The van der Waals surface area contributed by atoms with Crippen LogP contribution < -0.4 is 15.4 Å². The highest BCUT2D eigenvalue weighted by molar-refractivity contribution is 7.13. The largest absolute Gasteiger partial charge is 0.491 e. The summed E-state index contributed by atoms with van der Waals surface area (Å²) in [6, 6.07) is 6.31. The Morgan fingerprint density at radius 1 is 1.39 bits per heavy atom. The molecule has 1 aliphatic carbocycles. The van der Waals surface area contributed by atoms with Gasteiger partial charge in [-0.25, -0.2) is 4.98 Å². The van der Waals surface area contributed by atoms with Crippen LogP contribution in [0.1, 0.15) is 42.6 Å². The van der Waals surface area contributed by atoms with Gasteiger partial charge in [0.25, 0.3) is 5.91 Å². The lowest BCUT2D eigenvalue weighted by Crippen LogP contribution is -2.17. The van der Waals surface area contributed by atoms with Gasteiger partial charge in [0.2, 0.25) is 0 Å². The number of rotatable bonds is 7. The van der Waals surface area contributed by atoms with Crippen molar-refractivity contribution in [1.29, 1.82) is 0 Å². The van der Waals surface area contributed by atoms with Crippen molar-refractivity contribution in [2.45, 2.75) is 45.4 Å². The van der Waals surface area contributed by atoms with Crippen LogP contribution in [-0.4, -0.2) is 23.0 Å². The smallest absolute Gasteiger partial charge is 0.257 e. The molecule has 1 aromatic carbocycles. The van der Waals surface area contributed by atoms with Gasteiger partial charge in [-0.1, -0.05) is 0 Å². The molecule has 0 atom stereocenters. The first-order chi connectivity index (χ1) is 11.1. The number of hydrogen-bond acceptors (Lipinski definition) is 5. The molecule has 6 heteroatoms. The number of carbonyl (C=O) groups excluding carboxylic acids is 1. The summed E-state index contributed by atoms with van der Waals surface area (Å²) in [4.78, 5) is 16.5. The van der Waals surface area contributed by atoms with Gasteiger partial charge >= 0.3 is 0 Å². The number of thiazole rings is 1. The molecule has 23 heavy (non-hydrogen) atoms. The maximum absolute atomic E-state index is 12.4. The summed E-state index contributed by atoms with van der Waals surface area (Å²) < 4.78 is 5.78. The number of aromatic nitrogens is 1. The maximum atomic E-state index is 12.4. The SMILES string of the molecule is CC(C)Oc1cc(CNC2CC2)cc(C(=O)Nc2nccs2)c1. The van der Waals surface area contributed by atoms with Crippen molar-refractivity contribution in [2.75, 3.05) is 5.32 Å². The normalized spacial score (nSPS) is 14.0. The van der Waals surface area contributed by atoms with Crippen molar-refractivity contribution in [1.82, 2.24) is 10.3 Å². The summed E-state index contributed by atoms with van der Waals surface area (Å²) in [7, 11) is 0. The van der Waals surface area contributed by atoms with E-state index in [1.807, 2.05) is 31.4 Å². The van der Waals surface area contributed by atoms with Crippen LogP contribution in [0.3, 0.4) is 0 Å². The molecule has 1 aliphatic rings. The van der Waals surface area contributed by atoms with Crippen molar-refractivity contribution in [3.8, 4) is 5.75 Å². The van der Waals surface area contributed by atoms with E-state index in [1.165, 1.54) is 24.2 Å². The Balaban J connectivity index is 1.77. The molecular formula is C17H21N3O2S. The Labute approximate surface area is 140 Å². The molecule has 1 aromatic heterocycles. The molecule has 0 saturated heterocycles. The van der Waals surface area contributed by atoms with Gasteiger partial charge in [0, 0.05) is 29.7 Å². The Bertz CT molecular complexity index is 666. The molecule has 1 amide bonds. The molecule has 0 bridgehead atoms. The van der Waals surface area contributed by atoms with Crippen LogP contribution in [0.4, 0.5) is 5.13 Å². The predicted molar refractivity (Wildman–Crippen MR) is 92.1 cm³/mol. The third-order valence-electron chi connectivity index (χ3n) is 3.43. The molecule has 0 radical (unpaired) electrons. The van der Waals surface area contributed by atoms with E-state index in [1.54, 1.807) is 12.3 Å². The molecule has 1 fully saturated rings. The molecule has 122 valence electrons. The molecule has 1 heterocycles.